The van der Waals surface area contributed by atoms with Crippen molar-refractivity contribution in [3.8, 4) is 5.69 Å². The lowest BCUT2D eigenvalue weighted by Gasteiger charge is -2.06. The fourth-order valence-electron chi connectivity index (χ4n) is 1.67. The average molecular weight is 287 g/mol. The molecular weight excluding hydrogens is 262 g/mol. The van der Waals surface area contributed by atoms with Gasteiger partial charge in [0.15, 0.2) is 5.78 Å². The van der Waals surface area contributed by atoms with E-state index in [1.807, 2.05) is 58.9 Å². The number of carbonyl (C=O) groups is 1. The number of aromatic nitrogens is 1. The zero-order valence-electron chi connectivity index (χ0n) is 13.8. The van der Waals surface area contributed by atoms with Gasteiger partial charge >= 0.3 is 0 Å². The molecule has 21 heavy (non-hydrogen) atoms. The van der Waals surface area contributed by atoms with Crippen LogP contribution < -0.4 is 5.56 Å². The van der Waals surface area contributed by atoms with Crippen LogP contribution in [-0.2, 0) is 0 Å². The molecule has 1 heterocycles. The summed E-state index contributed by atoms with van der Waals surface area (Å²) in [7, 11) is 0. The summed E-state index contributed by atoms with van der Waals surface area (Å²) in [5, 5.41) is 0. The molecular formula is C18H25NO2. The minimum absolute atomic E-state index is 0.212. The van der Waals surface area contributed by atoms with Crippen molar-refractivity contribution in [2.45, 2.75) is 41.5 Å². The Bertz CT molecular complexity index is 610. The van der Waals surface area contributed by atoms with Crippen LogP contribution in [0.1, 0.15) is 50.5 Å². The normalized spacial score (nSPS) is 8.86. The number of ketones is 1. The van der Waals surface area contributed by atoms with Crippen LogP contribution in [0.15, 0.2) is 47.4 Å². The average Bonchev–Trinajstić information content (AvgIpc) is 2.52. The van der Waals surface area contributed by atoms with Crippen LogP contribution >= 0.6 is 0 Å². The molecule has 2 aromatic rings. The Hall–Kier alpha value is -2.16. The van der Waals surface area contributed by atoms with Gasteiger partial charge in [0.25, 0.3) is 5.56 Å². The first-order valence-electron chi connectivity index (χ1n) is 7.39. The van der Waals surface area contributed by atoms with E-state index in [1.165, 1.54) is 11.5 Å². The molecule has 0 radical (unpaired) electrons. The zero-order valence-corrected chi connectivity index (χ0v) is 13.8. The maximum atomic E-state index is 12.0. The Morgan fingerprint density at radius 1 is 0.952 bits per heavy atom. The molecule has 0 bridgehead atoms. The van der Waals surface area contributed by atoms with Gasteiger partial charge in [-0.3, -0.25) is 14.2 Å². The van der Waals surface area contributed by atoms with Gasteiger partial charge in [0.1, 0.15) is 0 Å². The van der Waals surface area contributed by atoms with E-state index < -0.39 is 0 Å². The van der Waals surface area contributed by atoms with Gasteiger partial charge in [0.05, 0.1) is 5.56 Å². The van der Waals surface area contributed by atoms with Gasteiger partial charge in [-0.25, -0.2) is 0 Å². The molecule has 3 heteroatoms. The smallest absolute Gasteiger partial charge is 0.265 e. The van der Waals surface area contributed by atoms with Crippen LogP contribution in [0.5, 0.6) is 0 Å². The lowest BCUT2D eigenvalue weighted by Crippen LogP contribution is -2.23. The largest absolute Gasteiger partial charge is 0.294 e. The molecule has 0 amide bonds. The van der Waals surface area contributed by atoms with Gasteiger partial charge in [0, 0.05) is 11.9 Å². The van der Waals surface area contributed by atoms with Gasteiger partial charge in [-0.15, -0.1) is 0 Å². The monoisotopic (exact) mass is 287 g/mol. The van der Waals surface area contributed by atoms with Crippen molar-refractivity contribution in [3.63, 3.8) is 0 Å². The van der Waals surface area contributed by atoms with Crippen molar-refractivity contribution >= 4 is 5.78 Å². The fourth-order valence-corrected chi connectivity index (χ4v) is 1.67. The summed E-state index contributed by atoms with van der Waals surface area (Å²) in [6, 6.07) is 10.8. The van der Waals surface area contributed by atoms with Crippen LogP contribution in [0.4, 0.5) is 0 Å². The molecule has 3 nitrogen and oxygen atoms in total. The number of carbonyl (C=O) groups excluding carboxylic acids is 1. The van der Waals surface area contributed by atoms with Gasteiger partial charge in [0.2, 0.25) is 0 Å². The van der Waals surface area contributed by atoms with E-state index in [0.29, 0.717) is 0 Å². The molecule has 0 fully saturated rings. The Labute approximate surface area is 127 Å². The first-order chi connectivity index (χ1) is 10.1. The number of hydrogen-bond acceptors (Lipinski definition) is 2. The molecule has 114 valence electrons. The summed E-state index contributed by atoms with van der Waals surface area (Å²) in [5.74, 6) is -0.212. The SMILES string of the molecule is CC.CC.CC(=O)c1cccn(-c2ccc(C)cc2)c1=O. The highest BCUT2D eigenvalue weighted by atomic mass is 16.1. The molecule has 0 spiro atoms. The third-order valence-corrected chi connectivity index (χ3v) is 2.64. The lowest BCUT2D eigenvalue weighted by molar-refractivity contribution is 0.101. The van der Waals surface area contributed by atoms with Crippen molar-refractivity contribution in [1.82, 2.24) is 4.57 Å². The molecule has 0 atom stereocenters. The van der Waals surface area contributed by atoms with Crippen LogP contribution in [0.3, 0.4) is 0 Å². The second-order valence-electron chi connectivity index (χ2n) is 3.99. The van der Waals surface area contributed by atoms with Crippen LogP contribution in [0.25, 0.3) is 5.69 Å². The molecule has 0 aliphatic rings. The molecule has 0 aliphatic carbocycles. The topological polar surface area (TPSA) is 39.1 Å². The van der Waals surface area contributed by atoms with E-state index in [9.17, 15) is 9.59 Å². The Balaban J connectivity index is 0.000000921. The molecule has 0 N–H and O–H groups in total. The van der Waals surface area contributed by atoms with E-state index in [0.717, 1.165) is 11.3 Å². The number of benzene rings is 1. The quantitative estimate of drug-likeness (QED) is 0.768. The Morgan fingerprint density at radius 2 is 1.48 bits per heavy atom. The third-order valence-electron chi connectivity index (χ3n) is 2.64. The number of Topliss-reactive ketones (excluding diaryl/α,β-unsaturated/α-hetero) is 1. The van der Waals surface area contributed by atoms with Crippen molar-refractivity contribution in [1.29, 1.82) is 0 Å². The van der Waals surface area contributed by atoms with E-state index in [2.05, 4.69) is 0 Å². The number of hydrogen-bond donors (Lipinski definition) is 0. The minimum Gasteiger partial charge on any atom is -0.294 e. The summed E-state index contributed by atoms with van der Waals surface area (Å²) >= 11 is 0. The molecule has 1 aromatic heterocycles. The zero-order chi connectivity index (χ0) is 16.4. The molecule has 0 aliphatic heterocycles. The number of pyridine rings is 1. The standard InChI is InChI=1S/C14H13NO2.2C2H6/c1-10-5-7-12(8-6-10)15-9-3-4-13(11(2)16)14(15)17;2*1-2/h3-9H,1-2H3;2*1-2H3. The highest BCUT2D eigenvalue weighted by Gasteiger charge is 2.08. The van der Waals surface area contributed by atoms with E-state index in [4.69, 9.17) is 0 Å². The van der Waals surface area contributed by atoms with Crippen LogP contribution in [0, 0.1) is 6.92 Å². The summed E-state index contributed by atoms with van der Waals surface area (Å²) in [4.78, 5) is 23.3. The Kier molecular flexibility index (Phi) is 8.70. The van der Waals surface area contributed by atoms with Gasteiger partial charge in [-0.1, -0.05) is 45.4 Å². The second kappa shape index (κ2) is 9.70. The van der Waals surface area contributed by atoms with Crippen molar-refractivity contribution in [2.75, 3.05) is 0 Å². The molecule has 1 aromatic carbocycles. The summed E-state index contributed by atoms with van der Waals surface area (Å²) in [5.41, 5.74) is 1.84. The van der Waals surface area contributed by atoms with Crippen LogP contribution in [-0.4, -0.2) is 10.4 Å². The highest BCUT2D eigenvalue weighted by molar-refractivity contribution is 5.93. The predicted octanol–water partition coefficient (Wildman–Crippen LogP) is 4.40. The summed E-state index contributed by atoms with van der Waals surface area (Å²) in [6.45, 7) is 11.4. The Morgan fingerprint density at radius 3 is 1.95 bits per heavy atom. The van der Waals surface area contributed by atoms with Crippen molar-refractivity contribution in [3.05, 3.63) is 64.1 Å². The van der Waals surface area contributed by atoms with Crippen molar-refractivity contribution < 1.29 is 4.79 Å². The lowest BCUT2D eigenvalue weighted by atomic mass is 10.2. The molecule has 0 saturated carbocycles. The second-order valence-corrected chi connectivity index (χ2v) is 3.99. The number of aryl methyl sites for hydroxylation is 1. The molecule has 0 saturated heterocycles. The fraction of sp³-hybridized carbons (Fsp3) is 0.333. The number of nitrogens with zero attached hydrogens (tertiary/aromatic N) is 1. The van der Waals surface area contributed by atoms with E-state index in [1.54, 1.807) is 18.3 Å². The third kappa shape index (κ3) is 5.03. The maximum Gasteiger partial charge on any atom is 0.265 e. The summed E-state index contributed by atoms with van der Waals surface area (Å²) in [6.07, 6.45) is 1.67. The van der Waals surface area contributed by atoms with Crippen LogP contribution in [0.2, 0.25) is 0 Å². The number of rotatable bonds is 2. The van der Waals surface area contributed by atoms with Gasteiger partial charge in [-0.05, 0) is 38.1 Å². The molecule has 2 rings (SSSR count). The first kappa shape index (κ1) is 18.8. The maximum absolute atomic E-state index is 12.0. The van der Waals surface area contributed by atoms with E-state index in [-0.39, 0.29) is 16.9 Å². The van der Waals surface area contributed by atoms with Gasteiger partial charge in [-0.2, -0.15) is 0 Å². The molecule has 0 unspecified atom stereocenters. The van der Waals surface area contributed by atoms with Crippen molar-refractivity contribution in [2.24, 2.45) is 0 Å². The van der Waals surface area contributed by atoms with Gasteiger partial charge < -0.3 is 0 Å². The van der Waals surface area contributed by atoms with E-state index >= 15 is 0 Å². The minimum atomic E-state index is -0.274. The summed E-state index contributed by atoms with van der Waals surface area (Å²) < 4.78 is 1.48. The first-order valence-corrected chi connectivity index (χ1v) is 7.39. The highest BCUT2D eigenvalue weighted by Crippen LogP contribution is 2.07. The predicted molar refractivity (Wildman–Crippen MR) is 89.5 cm³/mol.